The molecule has 1 saturated heterocycles. The van der Waals surface area contributed by atoms with E-state index in [0.29, 0.717) is 24.2 Å². The van der Waals surface area contributed by atoms with Crippen molar-refractivity contribution in [3.63, 3.8) is 0 Å². The molecule has 1 unspecified atom stereocenters. The van der Waals surface area contributed by atoms with Gasteiger partial charge in [-0.1, -0.05) is 58.2 Å². The number of likely N-dealkylation sites (N-methyl/N-ethyl adjacent to an activating group) is 1. The zero-order chi connectivity index (χ0) is 28.2. The average molecular weight is 532 g/mol. The molecule has 2 amide bonds. The van der Waals surface area contributed by atoms with Crippen molar-refractivity contribution >= 4 is 17.5 Å². The number of likely N-dealkylation sites (tertiary alicyclic amines) is 1. The van der Waals surface area contributed by atoms with E-state index >= 15 is 0 Å². The maximum absolute atomic E-state index is 14.5. The van der Waals surface area contributed by atoms with Crippen molar-refractivity contribution in [2.75, 3.05) is 25.6 Å². The number of pyridine rings is 1. The molecule has 1 aromatic carbocycles. The summed E-state index contributed by atoms with van der Waals surface area (Å²) in [5.41, 5.74) is 2.32. The highest BCUT2D eigenvalue weighted by molar-refractivity contribution is 6.04. The lowest BCUT2D eigenvalue weighted by Crippen LogP contribution is -2.52. The second-order valence-electron chi connectivity index (χ2n) is 11.8. The maximum atomic E-state index is 14.5. The summed E-state index contributed by atoms with van der Waals surface area (Å²) >= 11 is 0. The van der Waals surface area contributed by atoms with Crippen LogP contribution in [0.2, 0.25) is 0 Å². The predicted octanol–water partition coefficient (Wildman–Crippen LogP) is 4.81. The highest BCUT2D eigenvalue weighted by Gasteiger charge is 2.44. The molecule has 2 aromatic rings. The minimum Gasteiger partial charge on any atom is -0.379 e. The number of nitrogens with zero attached hydrogens (tertiary/aromatic N) is 5. The normalized spacial score (nSPS) is 20.8. The van der Waals surface area contributed by atoms with Gasteiger partial charge in [0.25, 0.3) is 5.91 Å². The van der Waals surface area contributed by atoms with Crippen LogP contribution in [-0.2, 0) is 19.7 Å². The first-order valence-electron chi connectivity index (χ1n) is 13.9. The van der Waals surface area contributed by atoms with Gasteiger partial charge in [0, 0.05) is 50.3 Å². The van der Waals surface area contributed by atoms with Crippen LogP contribution in [0.5, 0.6) is 0 Å². The lowest BCUT2D eigenvalue weighted by molar-refractivity contribution is -0.136. The molecular weight excluding hydrogens is 490 g/mol. The molecule has 39 heavy (non-hydrogen) atoms. The van der Waals surface area contributed by atoms with E-state index in [1.165, 1.54) is 11.3 Å². The van der Waals surface area contributed by atoms with Crippen LogP contribution in [0, 0.1) is 11.5 Å². The SMILES string of the molecule is CO[C@@H]1C[C@H](C(=O)N(c2ccc(C(C)(C)C)cc2)C(C(=O)N(C)C2CCCCC2)c2cccnc2)N(C#N)C1. The van der Waals surface area contributed by atoms with E-state index in [4.69, 9.17) is 4.74 Å². The van der Waals surface area contributed by atoms with Crippen LogP contribution in [0.3, 0.4) is 0 Å². The fourth-order valence-electron chi connectivity index (χ4n) is 5.78. The Morgan fingerprint density at radius 2 is 1.82 bits per heavy atom. The monoisotopic (exact) mass is 531 g/mol. The first-order chi connectivity index (χ1) is 18.7. The van der Waals surface area contributed by atoms with Crippen molar-refractivity contribution in [2.24, 2.45) is 0 Å². The number of amides is 2. The standard InChI is InChI=1S/C31H41N5O3/c1-31(2,3)23-13-15-25(16-14-23)36(29(37)27-18-26(39-5)20-35(27)21-32)28(22-10-9-17-33-19-22)30(38)34(4)24-11-7-6-8-12-24/h9-10,13-17,19,24,26-28H,6-8,11-12,18,20H2,1-5H3/t26-,27-,28?/m1/s1. The lowest BCUT2D eigenvalue weighted by Gasteiger charge is -2.39. The van der Waals surface area contributed by atoms with Gasteiger partial charge in [-0.2, -0.15) is 5.26 Å². The number of hydrogen-bond acceptors (Lipinski definition) is 6. The van der Waals surface area contributed by atoms with E-state index in [1.807, 2.05) is 42.3 Å². The molecule has 4 rings (SSSR count). The Balaban J connectivity index is 1.82. The number of aromatic nitrogens is 1. The Hall–Kier alpha value is -3.44. The van der Waals surface area contributed by atoms with Gasteiger partial charge in [0.05, 0.1) is 12.6 Å². The number of carbonyl (C=O) groups excluding carboxylic acids is 2. The summed E-state index contributed by atoms with van der Waals surface area (Å²) in [5, 5.41) is 9.86. The van der Waals surface area contributed by atoms with Crippen molar-refractivity contribution < 1.29 is 14.3 Å². The van der Waals surface area contributed by atoms with Gasteiger partial charge < -0.3 is 9.64 Å². The van der Waals surface area contributed by atoms with Crippen molar-refractivity contribution in [2.45, 2.75) is 88.9 Å². The van der Waals surface area contributed by atoms with Crippen molar-refractivity contribution in [3.05, 3.63) is 59.9 Å². The summed E-state index contributed by atoms with van der Waals surface area (Å²) in [4.78, 5) is 38.0. The number of ether oxygens (including phenoxy) is 1. The zero-order valence-corrected chi connectivity index (χ0v) is 23.8. The summed E-state index contributed by atoms with van der Waals surface area (Å²) in [6.45, 7) is 6.76. The molecule has 0 spiro atoms. The van der Waals surface area contributed by atoms with E-state index in [2.05, 4.69) is 31.9 Å². The number of hydrogen-bond donors (Lipinski definition) is 0. The fraction of sp³-hybridized carbons (Fsp3) is 0.548. The number of methoxy groups -OCH3 is 1. The summed E-state index contributed by atoms with van der Waals surface area (Å²) in [7, 11) is 3.45. The number of carbonyl (C=O) groups is 2. The van der Waals surface area contributed by atoms with Gasteiger partial charge in [-0.25, -0.2) is 0 Å². The predicted molar refractivity (Wildman–Crippen MR) is 151 cm³/mol. The second-order valence-corrected chi connectivity index (χ2v) is 11.8. The van der Waals surface area contributed by atoms with E-state index in [9.17, 15) is 14.9 Å². The molecule has 1 saturated carbocycles. The molecule has 8 nitrogen and oxygen atoms in total. The molecule has 1 aromatic heterocycles. The molecule has 0 bridgehead atoms. The van der Waals surface area contributed by atoms with E-state index in [1.54, 1.807) is 30.5 Å². The van der Waals surface area contributed by atoms with E-state index < -0.39 is 12.1 Å². The van der Waals surface area contributed by atoms with E-state index in [0.717, 1.165) is 31.2 Å². The largest absolute Gasteiger partial charge is 0.379 e. The van der Waals surface area contributed by atoms with Gasteiger partial charge >= 0.3 is 0 Å². The summed E-state index contributed by atoms with van der Waals surface area (Å²) < 4.78 is 5.52. The van der Waals surface area contributed by atoms with Crippen molar-refractivity contribution in [1.82, 2.24) is 14.8 Å². The third-order valence-electron chi connectivity index (χ3n) is 8.22. The van der Waals surface area contributed by atoms with Crippen molar-refractivity contribution in [3.8, 4) is 6.19 Å². The van der Waals surface area contributed by atoms with Crippen LogP contribution in [-0.4, -0.2) is 65.5 Å². The quantitative estimate of drug-likeness (QED) is 0.476. The summed E-state index contributed by atoms with van der Waals surface area (Å²) in [5.74, 6) is -0.438. The highest BCUT2D eigenvalue weighted by Crippen LogP contribution is 2.35. The molecule has 2 heterocycles. The van der Waals surface area contributed by atoms with Gasteiger partial charge in [-0.05, 0) is 42.0 Å². The van der Waals surface area contributed by atoms with Gasteiger partial charge in [0.15, 0.2) is 6.19 Å². The van der Waals surface area contributed by atoms with Crippen LogP contribution >= 0.6 is 0 Å². The van der Waals surface area contributed by atoms with Crippen LogP contribution in [0.4, 0.5) is 5.69 Å². The molecule has 1 aliphatic carbocycles. The molecule has 2 aliphatic rings. The van der Waals surface area contributed by atoms with E-state index in [-0.39, 0.29) is 29.4 Å². The Labute approximate surface area is 232 Å². The third kappa shape index (κ3) is 6.25. The molecule has 2 fully saturated rings. The van der Waals surface area contributed by atoms with Crippen LogP contribution < -0.4 is 4.90 Å². The Morgan fingerprint density at radius 3 is 2.38 bits per heavy atom. The first kappa shape index (κ1) is 28.6. The van der Waals surface area contributed by atoms with Crippen LogP contribution in [0.1, 0.15) is 76.5 Å². The summed E-state index contributed by atoms with van der Waals surface area (Å²) in [6.07, 6.45) is 10.9. The molecule has 1 aliphatic heterocycles. The molecule has 8 heteroatoms. The smallest absolute Gasteiger partial charge is 0.251 e. The fourth-order valence-corrected chi connectivity index (χ4v) is 5.78. The second kappa shape index (κ2) is 12.2. The van der Waals surface area contributed by atoms with Gasteiger partial charge in [0.2, 0.25) is 5.91 Å². The lowest BCUT2D eigenvalue weighted by atomic mass is 9.87. The third-order valence-corrected chi connectivity index (χ3v) is 8.22. The van der Waals surface area contributed by atoms with Gasteiger partial charge in [-0.3, -0.25) is 24.4 Å². The summed E-state index contributed by atoms with van der Waals surface area (Å²) in [6, 6.07) is 9.98. The molecule has 0 radical (unpaired) electrons. The maximum Gasteiger partial charge on any atom is 0.251 e. The average Bonchev–Trinajstić information content (AvgIpc) is 3.39. The number of nitriles is 1. The molecule has 0 N–H and O–H groups in total. The van der Waals surface area contributed by atoms with Crippen LogP contribution in [0.25, 0.3) is 0 Å². The molecule has 3 atom stereocenters. The minimum absolute atomic E-state index is 0.0676. The van der Waals surface area contributed by atoms with Gasteiger partial charge in [0.1, 0.15) is 12.1 Å². The zero-order valence-electron chi connectivity index (χ0n) is 23.8. The molecular formula is C31H41N5O3. The number of benzene rings is 1. The Kier molecular flexibility index (Phi) is 8.91. The highest BCUT2D eigenvalue weighted by atomic mass is 16.5. The number of rotatable bonds is 7. The first-order valence-corrected chi connectivity index (χ1v) is 13.9. The minimum atomic E-state index is -0.916. The molecule has 208 valence electrons. The topological polar surface area (TPSA) is 89.8 Å². The van der Waals surface area contributed by atoms with Gasteiger partial charge in [-0.15, -0.1) is 0 Å². The van der Waals surface area contributed by atoms with Crippen LogP contribution in [0.15, 0.2) is 48.8 Å². The van der Waals surface area contributed by atoms with Crippen molar-refractivity contribution in [1.29, 1.82) is 5.26 Å². The Bertz CT molecular complexity index is 1170. The number of anilines is 1. The Morgan fingerprint density at radius 1 is 1.13 bits per heavy atom.